The summed E-state index contributed by atoms with van der Waals surface area (Å²) in [6, 6.07) is 12.9. The second kappa shape index (κ2) is 7.75. The van der Waals surface area contributed by atoms with Crippen LogP contribution in [0.1, 0.15) is 27.1 Å². The molecule has 0 spiro atoms. The van der Waals surface area contributed by atoms with Gasteiger partial charge in [0.05, 0.1) is 30.2 Å². The molecule has 1 aliphatic heterocycles. The number of esters is 1. The fraction of sp³-hybridized carbons (Fsp3) is 0.280. The van der Waals surface area contributed by atoms with Crippen LogP contribution >= 0.6 is 0 Å². The molecule has 3 aliphatic rings. The Hall–Kier alpha value is -3.74. The third kappa shape index (κ3) is 3.12. The number of rotatable bonds is 6. The average molecular weight is 431 g/mol. The molecule has 7 heteroatoms. The molecular weight excluding hydrogens is 410 g/mol. The summed E-state index contributed by atoms with van der Waals surface area (Å²) >= 11 is 0. The number of para-hydroxylation sites is 1. The van der Waals surface area contributed by atoms with Crippen molar-refractivity contribution in [3.63, 3.8) is 0 Å². The molecule has 0 N–H and O–H groups in total. The second-order valence-corrected chi connectivity index (χ2v) is 8.26. The van der Waals surface area contributed by atoms with Crippen molar-refractivity contribution < 1.29 is 28.7 Å². The molecule has 7 nitrogen and oxygen atoms in total. The molecule has 32 heavy (non-hydrogen) atoms. The highest BCUT2D eigenvalue weighted by Gasteiger charge is 2.59. The summed E-state index contributed by atoms with van der Waals surface area (Å²) in [6.07, 6.45) is 4.87. The van der Waals surface area contributed by atoms with Crippen molar-refractivity contribution in [2.75, 3.05) is 18.6 Å². The van der Waals surface area contributed by atoms with Gasteiger partial charge in [-0.3, -0.25) is 14.4 Å². The number of carbonyl (C=O) groups excluding carboxylic acids is 4. The standard InChI is InChI=1S/C25H21NO6/c1-31-17-6-4-5-14(12-17)20(27)13-32-25(30)18-7-2-3-8-19(18)26-23(28)21-15-9-10-16(11-15)22(21)24(26)29/h2-10,12,15-16,21-22H,11,13H2,1H3/t15-,16+,21-,22-/m0/s1. The number of ether oxygens (including phenoxy) is 2. The van der Waals surface area contributed by atoms with E-state index in [0.717, 1.165) is 11.3 Å². The van der Waals surface area contributed by atoms with Crippen LogP contribution < -0.4 is 9.64 Å². The van der Waals surface area contributed by atoms with Crippen LogP contribution in [0, 0.1) is 23.7 Å². The number of hydrogen-bond acceptors (Lipinski definition) is 6. The quantitative estimate of drug-likeness (QED) is 0.302. The number of Topliss-reactive ketones (excluding diaryl/α,β-unsaturated/α-hetero) is 1. The van der Waals surface area contributed by atoms with Crippen LogP contribution in [0.15, 0.2) is 60.7 Å². The van der Waals surface area contributed by atoms with E-state index < -0.39 is 12.6 Å². The first kappa shape index (κ1) is 20.2. The van der Waals surface area contributed by atoms with Crippen LogP contribution in [-0.2, 0) is 14.3 Å². The number of ketones is 1. The van der Waals surface area contributed by atoms with Gasteiger partial charge in [-0.15, -0.1) is 0 Å². The number of allylic oxidation sites excluding steroid dienone is 2. The molecular formula is C25H21NO6. The zero-order chi connectivity index (χ0) is 22.4. The van der Waals surface area contributed by atoms with E-state index in [1.807, 2.05) is 12.2 Å². The molecule has 2 bridgehead atoms. The Labute approximate surface area is 184 Å². The van der Waals surface area contributed by atoms with Crippen LogP contribution in [0.3, 0.4) is 0 Å². The molecule has 0 unspecified atom stereocenters. The average Bonchev–Trinajstić information content (AvgIpc) is 3.51. The van der Waals surface area contributed by atoms with Crippen molar-refractivity contribution >= 4 is 29.3 Å². The van der Waals surface area contributed by atoms with Crippen LogP contribution in [0.5, 0.6) is 5.75 Å². The van der Waals surface area contributed by atoms with Gasteiger partial charge in [0.1, 0.15) is 5.75 Å². The predicted molar refractivity (Wildman–Crippen MR) is 114 cm³/mol. The minimum absolute atomic E-state index is 0.0750. The van der Waals surface area contributed by atoms with E-state index in [2.05, 4.69) is 0 Å². The summed E-state index contributed by atoms with van der Waals surface area (Å²) in [6.45, 7) is -0.471. The molecule has 2 amide bonds. The Bertz CT molecular complexity index is 1140. The Kier molecular flexibility index (Phi) is 4.89. The number of hydrogen-bond donors (Lipinski definition) is 0. The van der Waals surface area contributed by atoms with Gasteiger partial charge in [-0.2, -0.15) is 0 Å². The lowest BCUT2D eigenvalue weighted by molar-refractivity contribution is -0.123. The Morgan fingerprint density at radius 2 is 1.66 bits per heavy atom. The molecule has 1 heterocycles. The van der Waals surface area contributed by atoms with Gasteiger partial charge >= 0.3 is 5.97 Å². The fourth-order valence-corrected chi connectivity index (χ4v) is 5.07. The van der Waals surface area contributed by atoms with Gasteiger partial charge in [0, 0.05) is 5.56 Å². The smallest absolute Gasteiger partial charge is 0.340 e. The zero-order valence-electron chi connectivity index (χ0n) is 17.4. The molecule has 2 aromatic rings. The number of imide groups is 1. The number of methoxy groups -OCH3 is 1. The summed E-state index contributed by atoms with van der Waals surface area (Å²) in [5, 5.41) is 0. The first-order chi connectivity index (χ1) is 15.5. The maximum Gasteiger partial charge on any atom is 0.340 e. The zero-order valence-corrected chi connectivity index (χ0v) is 17.4. The molecule has 1 saturated carbocycles. The molecule has 162 valence electrons. The van der Waals surface area contributed by atoms with Crippen LogP contribution in [-0.4, -0.2) is 37.3 Å². The molecule has 2 aliphatic carbocycles. The van der Waals surface area contributed by atoms with Gasteiger partial charge in [0.2, 0.25) is 11.8 Å². The molecule has 2 aromatic carbocycles. The van der Waals surface area contributed by atoms with Crippen molar-refractivity contribution in [2.24, 2.45) is 23.7 Å². The van der Waals surface area contributed by atoms with Gasteiger partial charge in [0.15, 0.2) is 12.4 Å². The lowest BCUT2D eigenvalue weighted by Gasteiger charge is -2.20. The Morgan fingerprint density at radius 1 is 0.969 bits per heavy atom. The van der Waals surface area contributed by atoms with Crippen molar-refractivity contribution in [3.8, 4) is 5.75 Å². The highest BCUT2D eigenvalue weighted by atomic mass is 16.5. The summed E-state index contributed by atoms with van der Waals surface area (Å²) < 4.78 is 10.4. The SMILES string of the molecule is COc1cccc(C(=O)COC(=O)c2ccccc2N2C(=O)[C@@H]3[C@@H](C2=O)[C@H]2C=C[C@@H]3C2)c1. The van der Waals surface area contributed by atoms with E-state index in [9.17, 15) is 19.2 Å². The van der Waals surface area contributed by atoms with Crippen molar-refractivity contribution in [1.29, 1.82) is 0 Å². The van der Waals surface area contributed by atoms with E-state index in [1.165, 1.54) is 13.2 Å². The first-order valence-corrected chi connectivity index (χ1v) is 10.5. The van der Waals surface area contributed by atoms with Gasteiger partial charge in [0.25, 0.3) is 0 Å². The molecule has 0 aromatic heterocycles. The van der Waals surface area contributed by atoms with Crippen LogP contribution in [0.2, 0.25) is 0 Å². The Morgan fingerprint density at radius 3 is 2.34 bits per heavy atom. The predicted octanol–water partition coefficient (Wildman–Crippen LogP) is 3.05. The number of carbonyl (C=O) groups is 4. The van der Waals surface area contributed by atoms with Gasteiger partial charge in [-0.25, -0.2) is 9.69 Å². The molecule has 5 rings (SSSR count). The minimum atomic E-state index is -0.768. The number of nitrogens with zero attached hydrogens (tertiary/aromatic N) is 1. The van der Waals surface area contributed by atoms with Crippen molar-refractivity contribution in [3.05, 3.63) is 71.8 Å². The van der Waals surface area contributed by atoms with E-state index >= 15 is 0 Å². The third-order valence-electron chi connectivity index (χ3n) is 6.56. The highest BCUT2D eigenvalue weighted by Crippen LogP contribution is 2.53. The first-order valence-electron chi connectivity index (χ1n) is 10.5. The second-order valence-electron chi connectivity index (χ2n) is 8.26. The minimum Gasteiger partial charge on any atom is -0.497 e. The largest absolute Gasteiger partial charge is 0.497 e. The van der Waals surface area contributed by atoms with Gasteiger partial charge < -0.3 is 9.47 Å². The topological polar surface area (TPSA) is 90.0 Å². The summed E-state index contributed by atoms with van der Waals surface area (Å²) in [7, 11) is 1.50. The summed E-state index contributed by atoms with van der Waals surface area (Å²) in [5.41, 5.74) is 0.634. The molecule has 2 fully saturated rings. The normalized spacial score (nSPS) is 25.2. The van der Waals surface area contributed by atoms with E-state index in [0.29, 0.717) is 11.3 Å². The van der Waals surface area contributed by atoms with Crippen molar-refractivity contribution in [1.82, 2.24) is 0 Å². The monoisotopic (exact) mass is 431 g/mol. The highest BCUT2D eigenvalue weighted by molar-refractivity contribution is 6.24. The number of fused-ring (bicyclic) bond motifs is 5. The van der Waals surface area contributed by atoms with Crippen LogP contribution in [0.25, 0.3) is 0 Å². The van der Waals surface area contributed by atoms with E-state index in [4.69, 9.17) is 9.47 Å². The molecule has 4 atom stereocenters. The lowest BCUT2D eigenvalue weighted by atomic mass is 9.85. The Balaban J connectivity index is 1.35. The lowest BCUT2D eigenvalue weighted by Crippen LogP contribution is -2.34. The van der Waals surface area contributed by atoms with E-state index in [1.54, 1.807) is 42.5 Å². The number of amides is 2. The van der Waals surface area contributed by atoms with Crippen LogP contribution in [0.4, 0.5) is 5.69 Å². The maximum absolute atomic E-state index is 13.1. The maximum atomic E-state index is 13.1. The fourth-order valence-electron chi connectivity index (χ4n) is 5.07. The van der Waals surface area contributed by atoms with Gasteiger partial charge in [-0.05, 0) is 42.5 Å². The van der Waals surface area contributed by atoms with Gasteiger partial charge in [-0.1, -0.05) is 36.4 Å². The third-order valence-corrected chi connectivity index (χ3v) is 6.56. The molecule has 0 radical (unpaired) electrons. The van der Waals surface area contributed by atoms with Crippen molar-refractivity contribution in [2.45, 2.75) is 6.42 Å². The molecule has 1 saturated heterocycles. The number of anilines is 1. The number of benzene rings is 2. The van der Waals surface area contributed by atoms with E-state index in [-0.39, 0.29) is 52.5 Å². The summed E-state index contributed by atoms with van der Waals surface area (Å²) in [5.74, 6) is -1.76. The summed E-state index contributed by atoms with van der Waals surface area (Å²) in [4.78, 5) is 52.6.